The molecule has 2 aliphatic heterocycles. The molecule has 0 aliphatic carbocycles. The lowest BCUT2D eigenvalue weighted by molar-refractivity contribution is -0.143. The summed E-state index contributed by atoms with van der Waals surface area (Å²) < 4.78 is 1.95. The van der Waals surface area contributed by atoms with Gasteiger partial charge in [-0.3, -0.25) is 14.5 Å². The van der Waals surface area contributed by atoms with E-state index in [1.807, 2.05) is 16.7 Å². The largest absolute Gasteiger partial charge is 0.465 e. The van der Waals surface area contributed by atoms with E-state index in [-0.39, 0.29) is 49.1 Å². The number of rotatable bonds is 3. The molecule has 0 unspecified atom stereocenters. The standard InChI is InChI=1S/C22H26N6O4/c1-21(2,3)13-28-15(8-14-11-24-16(10-23)25-18(14)28)12-27-17(29)9-22(19(27)30)4-6-26(7-5-22)20(31)32/h8,11H,4-7,9,12-13H2,1-3H3,(H,31,32). The topological polar surface area (TPSA) is 132 Å². The van der Waals surface area contributed by atoms with Crippen LogP contribution in [0, 0.1) is 22.2 Å². The highest BCUT2D eigenvalue weighted by atomic mass is 16.4. The molecule has 0 aromatic carbocycles. The first-order valence-corrected chi connectivity index (χ1v) is 10.6. The number of hydrogen-bond donors (Lipinski definition) is 1. The number of carbonyl (C=O) groups is 3. The van der Waals surface area contributed by atoms with Crippen molar-refractivity contribution in [3.8, 4) is 6.07 Å². The number of piperidine rings is 1. The Morgan fingerprint density at radius 3 is 2.56 bits per heavy atom. The minimum atomic E-state index is -1.00. The predicted molar refractivity (Wildman–Crippen MR) is 113 cm³/mol. The number of aromatic nitrogens is 3. The van der Waals surface area contributed by atoms with Crippen LogP contribution in [0.1, 0.15) is 51.6 Å². The number of fused-ring (bicyclic) bond motifs is 1. The molecular formula is C22H26N6O4. The Hall–Kier alpha value is -3.48. The van der Waals surface area contributed by atoms with Crippen LogP contribution < -0.4 is 0 Å². The van der Waals surface area contributed by atoms with Gasteiger partial charge in [0.2, 0.25) is 17.6 Å². The maximum atomic E-state index is 13.3. The quantitative estimate of drug-likeness (QED) is 0.727. The molecule has 10 heteroatoms. The third-order valence-corrected chi connectivity index (χ3v) is 6.25. The molecule has 168 valence electrons. The van der Waals surface area contributed by atoms with Crippen LogP contribution in [-0.4, -0.2) is 60.4 Å². The molecular weight excluding hydrogens is 412 g/mol. The van der Waals surface area contributed by atoms with E-state index in [9.17, 15) is 24.8 Å². The van der Waals surface area contributed by atoms with Crippen molar-refractivity contribution in [1.29, 1.82) is 5.26 Å². The van der Waals surface area contributed by atoms with Gasteiger partial charge in [0.25, 0.3) is 0 Å². The van der Waals surface area contributed by atoms with Crippen molar-refractivity contribution < 1.29 is 19.5 Å². The summed E-state index contributed by atoms with van der Waals surface area (Å²) in [6.45, 7) is 7.42. The Kier molecular flexibility index (Phi) is 5.15. The zero-order valence-corrected chi connectivity index (χ0v) is 18.5. The molecule has 2 aromatic heterocycles. The first kappa shape index (κ1) is 21.7. The molecule has 0 saturated carbocycles. The molecule has 0 radical (unpaired) electrons. The van der Waals surface area contributed by atoms with Crippen LogP contribution in [-0.2, 0) is 22.7 Å². The van der Waals surface area contributed by atoms with Gasteiger partial charge in [-0.1, -0.05) is 20.8 Å². The zero-order valence-electron chi connectivity index (χ0n) is 18.5. The van der Waals surface area contributed by atoms with Crippen molar-refractivity contribution in [2.24, 2.45) is 10.8 Å². The first-order chi connectivity index (χ1) is 15.0. The highest BCUT2D eigenvalue weighted by Crippen LogP contribution is 2.43. The lowest BCUT2D eigenvalue weighted by Crippen LogP contribution is -2.46. The summed E-state index contributed by atoms with van der Waals surface area (Å²) in [7, 11) is 0. The van der Waals surface area contributed by atoms with Crippen molar-refractivity contribution >= 4 is 28.9 Å². The normalized spacial score (nSPS) is 18.6. The van der Waals surface area contributed by atoms with Gasteiger partial charge in [0, 0.05) is 43.3 Å². The maximum Gasteiger partial charge on any atom is 0.407 e. The van der Waals surface area contributed by atoms with Crippen LogP contribution in [0.25, 0.3) is 11.0 Å². The molecule has 0 bridgehead atoms. The van der Waals surface area contributed by atoms with Gasteiger partial charge < -0.3 is 14.6 Å². The fraction of sp³-hybridized carbons (Fsp3) is 0.545. The zero-order chi connectivity index (χ0) is 23.3. The van der Waals surface area contributed by atoms with E-state index < -0.39 is 11.5 Å². The fourth-order valence-electron chi connectivity index (χ4n) is 4.63. The van der Waals surface area contributed by atoms with E-state index >= 15 is 0 Å². The Bertz CT molecular complexity index is 1150. The number of likely N-dealkylation sites (tertiary alicyclic amines) is 2. The Morgan fingerprint density at radius 1 is 1.28 bits per heavy atom. The molecule has 2 saturated heterocycles. The summed E-state index contributed by atoms with van der Waals surface area (Å²) >= 11 is 0. The van der Waals surface area contributed by atoms with Crippen LogP contribution in [0.2, 0.25) is 0 Å². The Morgan fingerprint density at radius 2 is 1.97 bits per heavy atom. The first-order valence-electron chi connectivity index (χ1n) is 10.6. The van der Waals surface area contributed by atoms with Crippen LogP contribution in [0.4, 0.5) is 4.79 Å². The minimum Gasteiger partial charge on any atom is -0.465 e. The van der Waals surface area contributed by atoms with E-state index in [2.05, 4.69) is 30.7 Å². The molecule has 3 amide bonds. The fourth-order valence-corrected chi connectivity index (χ4v) is 4.63. The highest BCUT2D eigenvalue weighted by molar-refractivity contribution is 6.06. The lowest BCUT2D eigenvalue weighted by atomic mass is 9.77. The molecule has 2 fully saturated rings. The predicted octanol–water partition coefficient (Wildman–Crippen LogP) is 2.37. The number of carboxylic acid groups (broad SMARTS) is 1. The van der Waals surface area contributed by atoms with Gasteiger partial charge in [0.1, 0.15) is 11.7 Å². The van der Waals surface area contributed by atoms with Gasteiger partial charge in [-0.05, 0) is 24.3 Å². The monoisotopic (exact) mass is 438 g/mol. The molecule has 2 aromatic rings. The summed E-state index contributed by atoms with van der Waals surface area (Å²) in [5, 5.41) is 19.1. The van der Waals surface area contributed by atoms with E-state index in [1.54, 1.807) is 6.20 Å². The Labute approximate surface area is 185 Å². The van der Waals surface area contributed by atoms with Gasteiger partial charge in [0.15, 0.2) is 0 Å². The third-order valence-electron chi connectivity index (χ3n) is 6.25. The summed E-state index contributed by atoms with van der Waals surface area (Å²) in [6, 6.07) is 3.82. The van der Waals surface area contributed by atoms with Crippen molar-refractivity contribution in [2.45, 2.75) is 53.1 Å². The SMILES string of the molecule is CC(C)(C)Cn1c(CN2C(=O)CC3(CCN(C(=O)O)CC3)C2=O)cc2cnc(C#N)nc21. The maximum absolute atomic E-state index is 13.3. The molecule has 1 N–H and O–H groups in total. The Balaban J connectivity index is 1.65. The number of nitrogens with zero attached hydrogens (tertiary/aromatic N) is 6. The average molecular weight is 438 g/mol. The van der Waals surface area contributed by atoms with E-state index in [1.165, 1.54) is 9.80 Å². The van der Waals surface area contributed by atoms with Crippen molar-refractivity contribution in [1.82, 2.24) is 24.3 Å². The van der Waals surface area contributed by atoms with Crippen LogP contribution in [0.5, 0.6) is 0 Å². The summed E-state index contributed by atoms with van der Waals surface area (Å²) in [5.41, 5.74) is 0.422. The highest BCUT2D eigenvalue weighted by Gasteiger charge is 2.53. The number of imide groups is 1. The van der Waals surface area contributed by atoms with E-state index in [4.69, 9.17) is 0 Å². The molecule has 1 spiro atoms. The second-order valence-corrected chi connectivity index (χ2v) is 9.88. The molecule has 2 aliphatic rings. The average Bonchev–Trinajstić information content (AvgIpc) is 3.16. The molecule has 32 heavy (non-hydrogen) atoms. The van der Waals surface area contributed by atoms with E-state index in [0.717, 1.165) is 11.1 Å². The number of hydrogen-bond acceptors (Lipinski definition) is 6. The third kappa shape index (κ3) is 3.79. The van der Waals surface area contributed by atoms with Gasteiger partial charge in [-0.2, -0.15) is 5.26 Å². The summed E-state index contributed by atoms with van der Waals surface area (Å²) in [5.74, 6) is -0.409. The van der Waals surface area contributed by atoms with Gasteiger partial charge >= 0.3 is 6.09 Å². The van der Waals surface area contributed by atoms with Crippen LogP contribution in [0.15, 0.2) is 12.3 Å². The number of carbonyl (C=O) groups excluding carboxylic acids is 2. The van der Waals surface area contributed by atoms with Gasteiger partial charge in [-0.25, -0.2) is 14.8 Å². The van der Waals surface area contributed by atoms with E-state index in [0.29, 0.717) is 25.0 Å². The lowest BCUT2D eigenvalue weighted by Gasteiger charge is -2.36. The minimum absolute atomic E-state index is 0.0646. The van der Waals surface area contributed by atoms with Crippen LogP contribution in [0.3, 0.4) is 0 Å². The van der Waals surface area contributed by atoms with Crippen molar-refractivity contribution in [3.05, 3.63) is 23.8 Å². The molecule has 10 nitrogen and oxygen atoms in total. The smallest absolute Gasteiger partial charge is 0.407 e. The van der Waals surface area contributed by atoms with Crippen LogP contribution >= 0.6 is 0 Å². The molecule has 0 atom stereocenters. The number of amides is 3. The molecule has 4 heterocycles. The van der Waals surface area contributed by atoms with Crippen molar-refractivity contribution in [2.75, 3.05) is 13.1 Å². The number of nitriles is 1. The van der Waals surface area contributed by atoms with Gasteiger partial charge in [0.05, 0.1) is 12.0 Å². The summed E-state index contributed by atoms with van der Waals surface area (Å²) in [6.07, 6.45) is 1.39. The second kappa shape index (κ2) is 7.58. The van der Waals surface area contributed by atoms with Crippen molar-refractivity contribution in [3.63, 3.8) is 0 Å². The summed E-state index contributed by atoms with van der Waals surface area (Å²) in [4.78, 5) is 48.4. The van der Waals surface area contributed by atoms with Gasteiger partial charge in [-0.15, -0.1) is 0 Å². The molecule has 4 rings (SSSR count). The second-order valence-electron chi connectivity index (χ2n) is 9.88.